The van der Waals surface area contributed by atoms with E-state index in [-0.39, 0.29) is 18.3 Å². The van der Waals surface area contributed by atoms with Gasteiger partial charge in [-0.25, -0.2) is 0 Å². The van der Waals surface area contributed by atoms with Crippen LogP contribution in [0.5, 0.6) is 0 Å². The van der Waals surface area contributed by atoms with Gasteiger partial charge >= 0.3 is 0 Å². The second-order valence-corrected chi connectivity index (χ2v) is 4.72. The zero-order valence-electron chi connectivity index (χ0n) is 10.9. The Kier molecular flexibility index (Phi) is 10.9. The molecule has 0 unspecified atom stereocenters. The molecule has 2 N–H and O–H groups in total. The average molecular weight is 352 g/mol. The first kappa shape index (κ1) is 18.4. The highest BCUT2D eigenvalue weighted by molar-refractivity contribution is 9.10. The molecule has 1 aromatic rings. The quantitative estimate of drug-likeness (QED) is 0.702. The van der Waals surface area contributed by atoms with E-state index in [2.05, 4.69) is 26.6 Å². The molecular weight excluding hydrogens is 332 g/mol. The van der Waals surface area contributed by atoms with Crippen LogP contribution in [0.3, 0.4) is 0 Å². The van der Waals surface area contributed by atoms with Crippen molar-refractivity contribution in [2.75, 3.05) is 33.4 Å². The Balaban J connectivity index is 0.00000324. The van der Waals surface area contributed by atoms with Crippen molar-refractivity contribution in [1.82, 2.24) is 10.6 Å². The van der Waals surface area contributed by atoms with Crippen molar-refractivity contribution in [3.05, 3.63) is 34.3 Å². The minimum Gasteiger partial charge on any atom is -0.383 e. The van der Waals surface area contributed by atoms with Gasteiger partial charge in [0.05, 0.1) is 13.0 Å². The fourth-order valence-corrected chi connectivity index (χ4v) is 1.89. The van der Waals surface area contributed by atoms with Crippen LogP contribution in [0, 0.1) is 0 Å². The van der Waals surface area contributed by atoms with E-state index in [0.717, 1.165) is 23.1 Å². The number of amides is 1. The monoisotopic (exact) mass is 350 g/mol. The van der Waals surface area contributed by atoms with Crippen LogP contribution in [0.4, 0.5) is 0 Å². The largest absolute Gasteiger partial charge is 0.383 e. The maximum Gasteiger partial charge on any atom is 0.224 e. The van der Waals surface area contributed by atoms with Crippen molar-refractivity contribution in [3.63, 3.8) is 0 Å². The molecule has 0 heterocycles. The Hall–Kier alpha value is -0.620. The number of halogens is 2. The second kappa shape index (κ2) is 11.2. The van der Waals surface area contributed by atoms with E-state index in [4.69, 9.17) is 4.74 Å². The third-order valence-electron chi connectivity index (χ3n) is 2.42. The summed E-state index contributed by atoms with van der Waals surface area (Å²) in [5.74, 6) is 0.0374. The molecule has 0 radical (unpaired) electrons. The van der Waals surface area contributed by atoms with Crippen molar-refractivity contribution in [2.24, 2.45) is 0 Å². The van der Waals surface area contributed by atoms with Gasteiger partial charge in [-0.1, -0.05) is 34.1 Å². The smallest absolute Gasteiger partial charge is 0.224 e. The molecule has 6 heteroatoms. The zero-order chi connectivity index (χ0) is 13.2. The summed E-state index contributed by atoms with van der Waals surface area (Å²) in [6.45, 7) is 2.87. The molecule has 0 saturated heterocycles. The minimum atomic E-state index is 0. The first-order valence-corrected chi connectivity index (χ1v) is 6.73. The van der Waals surface area contributed by atoms with E-state index in [1.54, 1.807) is 7.11 Å². The molecule has 1 rings (SSSR count). The molecule has 0 spiro atoms. The van der Waals surface area contributed by atoms with Gasteiger partial charge in [0, 0.05) is 31.2 Å². The van der Waals surface area contributed by atoms with Crippen LogP contribution in [-0.4, -0.2) is 39.3 Å². The van der Waals surface area contributed by atoms with Crippen molar-refractivity contribution in [3.8, 4) is 0 Å². The Morgan fingerprint density at radius 3 is 2.68 bits per heavy atom. The van der Waals surface area contributed by atoms with Gasteiger partial charge in [0.1, 0.15) is 0 Å². The number of hydrogen-bond acceptors (Lipinski definition) is 3. The number of rotatable bonds is 8. The van der Waals surface area contributed by atoms with Crippen LogP contribution in [0.15, 0.2) is 28.7 Å². The summed E-state index contributed by atoms with van der Waals surface area (Å²) in [5.41, 5.74) is 1.00. The topological polar surface area (TPSA) is 50.4 Å². The number of benzene rings is 1. The van der Waals surface area contributed by atoms with Crippen molar-refractivity contribution in [1.29, 1.82) is 0 Å². The Morgan fingerprint density at radius 1 is 1.26 bits per heavy atom. The van der Waals surface area contributed by atoms with Crippen LogP contribution in [0.25, 0.3) is 0 Å². The molecule has 1 amide bonds. The number of nitrogens with one attached hydrogen (secondary N) is 2. The van der Waals surface area contributed by atoms with Crippen molar-refractivity contribution in [2.45, 2.75) is 6.42 Å². The molecule has 0 aromatic heterocycles. The molecule has 0 aliphatic carbocycles. The highest BCUT2D eigenvalue weighted by atomic mass is 79.9. The van der Waals surface area contributed by atoms with Gasteiger partial charge in [-0.15, -0.1) is 12.4 Å². The van der Waals surface area contributed by atoms with Gasteiger partial charge in [-0.2, -0.15) is 0 Å². The number of ether oxygens (including phenoxy) is 1. The third kappa shape index (κ3) is 8.21. The average Bonchev–Trinajstić information content (AvgIpc) is 2.36. The summed E-state index contributed by atoms with van der Waals surface area (Å²) in [7, 11) is 1.67. The van der Waals surface area contributed by atoms with E-state index in [1.165, 1.54) is 0 Å². The summed E-state index contributed by atoms with van der Waals surface area (Å²) in [6, 6.07) is 7.75. The molecule has 0 saturated carbocycles. The van der Waals surface area contributed by atoms with Gasteiger partial charge in [-0.3, -0.25) is 4.79 Å². The number of carbonyl (C=O) groups is 1. The lowest BCUT2D eigenvalue weighted by atomic mass is 10.1. The van der Waals surface area contributed by atoms with Gasteiger partial charge < -0.3 is 15.4 Å². The molecule has 0 aliphatic rings. The maximum absolute atomic E-state index is 11.7. The van der Waals surface area contributed by atoms with Crippen molar-refractivity contribution < 1.29 is 9.53 Å². The first-order chi connectivity index (χ1) is 8.74. The van der Waals surface area contributed by atoms with E-state index < -0.39 is 0 Å². The molecule has 4 nitrogen and oxygen atoms in total. The number of methoxy groups -OCH3 is 1. The molecule has 0 fully saturated rings. The highest BCUT2D eigenvalue weighted by Crippen LogP contribution is 2.15. The summed E-state index contributed by atoms with van der Waals surface area (Å²) < 4.78 is 5.88. The zero-order valence-corrected chi connectivity index (χ0v) is 13.4. The molecule has 0 aliphatic heterocycles. The maximum atomic E-state index is 11.7. The second-order valence-electron chi connectivity index (χ2n) is 3.86. The van der Waals surface area contributed by atoms with Crippen LogP contribution in [0.2, 0.25) is 0 Å². The highest BCUT2D eigenvalue weighted by Gasteiger charge is 2.05. The van der Waals surface area contributed by atoms with Crippen LogP contribution < -0.4 is 10.6 Å². The molecule has 108 valence electrons. The van der Waals surface area contributed by atoms with Crippen LogP contribution >= 0.6 is 28.3 Å². The predicted octanol–water partition coefficient (Wildman–Crippen LogP) is 1.77. The summed E-state index contributed by atoms with van der Waals surface area (Å²) >= 11 is 3.43. The van der Waals surface area contributed by atoms with Gasteiger partial charge in [0.15, 0.2) is 0 Å². The standard InChI is InChI=1S/C13H19BrN2O2.ClH/c1-18-9-8-15-6-7-16-13(17)10-11-4-2-3-5-12(11)14;/h2-5,15H,6-10H2,1H3,(H,16,17);1H. The van der Waals surface area contributed by atoms with E-state index in [1.807, 2.05) is 24.3 Å². The number of hydrogen-bond donors (Lipinski definition) is 2. The molecule has 0 atom stereocenters. The number of carbonyl (C=O) groups excluding carboxylic acids is 1. The third-order valence-corrected chi connectivity index (χ3v) is 3.19. The molecule has 0 bridgehead atoms. The molecule has 1 aromatic carbocycles. The normalized spacial score (nSPS) is 9.79. The first-order valence-electron chi connectivity index (χ1n) is 5.94. The summed E-state index contributed by atoms with van der Waals surface area (Å²) in [4.78, 5) is 11.7. The van der Waals surface area contributed by atoms with E-state index in [9.17, 15) is 4.79 Å². The molecule has 19 heavy (non-hydrogen) atoms. The van der Waals surface area contributed by atoms with Gasteiger partial charge in [0.25, 0.3) is 0 Å². The minimum absolute atomic E-state index is 0. The van der Waals surface area contributed by atoms with E-state index >= 15 is 0 Å². The lowest BCUT2D eigenvalue weighted by Crippen LogP contribution is -2.33. The molecular formula is C13H20BrClN2O2. The van der Waals surface area contributed by atoms with Gasteiger partial charge in [0.2, 0.25) is 5.91 Å². The SMILES string of the molecule is COCCNCCNC(=O)Cc1ccccc1Br.Cl. The summed E-state index contributed by atoms with van der Waals surface area (Å²) in [5, 5.41) is 6.04. The van der Waals surface area contributed by atoms with Crippen LogP contribution in [-0.2, 0) is 16.0 Å². The Bertz CT molecular complexity index is 377. The van der Waals surface area contributed by atoms with E-state index in [0.29, 0.717) is 19.6 Å². The fourth-order valence-electron chi connectivity index (χ4n) is 1.47. The Morgan fingerprint density at radius 2 is 2.00 bits per heavy atom. The lowest BCUT2D eigenvalue weighted by Gasteiger charge is -2.07. The van der Waals surface area contributed by atoms with Crippen LogP contribution in [0.1, 0.15) is 5.56 Å². The summed E-state index contributed by atoms with van der Waals surface area (Å²) in [6.07, 6.45) is 0.402. The Labute approximate surface area is 128 Å². The van der Waals surface area contributed by atoms with Crippen molar-refractivity contribution >= 4 is 34.2 Å². The fraction of sp³-hybridized carbons (Fsp3) is 0.462. The van der Waals surface area contributed by atoms with Gasteiger partial charge in [-0.05, 0) is 11.6 Å². The predicted molar refractivity (Wildman–Crippen MR) is 82.8 cm³/mol. The lowest BCUT2D eigenvalue weighted by molar-refractivity contribution is -0.120.